The summed E-state index contributed by atoms with van der Waals surface area (Å²) in [4.78, 5) is 26.9. The number of aromatic nitrogens is 2. The van der Waals surface area contributed by atoms with Crippen molar-refractivity contribution in [2.45, 2.75) is 56.2 Å². The van der Waals surface area contributed by atoms with Crippen LogP contribution >= 0.6 is 0 Å². The molecule has 4 aliphatic rings. The average Bonchev–Trinajstić information content (AvgIpc) is 3.48. The van der Waals surface area contributed by atoms with E-state index in [1.165, 1.54) is 12.1 Å². The molecule has 0 unspecified atom stereocenters. The summed E-state index contributed by atoms with van der Waals surface area (Å²) >= 11 is 0. The Labute approximate surface area is 202 Å². The summed E-state index contributed by atoms with van der Waals surface area (Å²) in [7, 11) is 1.83. The van der Waals surface area contributed by atoms with Gasteiger partial charge in [-0.25, -0.2) is 18.7 Å². The normalized spacial score (nSPS) is 23.5. The molecule has 8 nitrogen and oxygen atoms in total. The van der Waals surface area contributed by atoms with Crippen molar-refractivity contribution in [1.82, 2.24) is 14.9 Å². The summed E-state index contributed by atoms with van der Waals surface area (Å²) in [6.45, 7) is 3.10. The number of carbonyl (C=O) groups is 1. The topological polar surface area (TPSA) is 79.8 Å². The molecule has 35 heavy (non-hydrogen) atoms. The number of fused-ring (bicyclic) bond motifs is 2. The van der Waals surface area contributed by atoms with Gasteiger partial charge in [0, 0.05) is 45.7 Å². The van der Waals surface area contributed by atoms with Crippen molar-refractivity contribution in [3.8, 4) is 5.75 Å². The lowest BCUT2D eigenvalue weighted by Gasteiger charge is -2.36. The minimum absolute atomic E-state index is 0.0736. The fraction of sp³-hybridized carbons (Fsp3) is 0.560. The van der Waals surface area contributed by atoms with E-state index in [4.69, 9.17) is 19.4 Å². The average molecular weight is 486 g/mol. The predicted molar refractivity (Wildman–Crippen MR) is 124 cm³/mol. The van der Waals surface area contributed by atoms with E-state index in [9.17, 15) is 13.6 Å². The van der Waals surface area contributed by atoms with Crippen molar-refractivity contribution in [1.29, 1.82) is 0 Å². The van der Waals surface area contributed by atoms with Crippen LogP contribution in [-0.2, 0) is 21.5 Å². The van der Waals surface area contributed by atoms with Crippen molar-refractivity contribution >= 4 is 17.5 Å². The molecular formula is C25H29F2N5O3. The van der Waals surface area contributed by atoms with Crippen LogP contribution in [0.4, 0.5) is 20.4 Å². The van der Waals surface area contributed by atoms with Crippen molar-refractivity contribution < 1.29 is 23.0 Å². The van der Waals surface area contributed by atoms with Crippen LogP contribution in [0.2, 0.25) is 0 Å². The molecular weight excluding hydrogens is 456 g/mol. The maximum atomic E-state index is 14.0. The summed E-state index contributed by atoms with van der Waals surface area (Å²) in [5.41, 5.74) is 1.16. The molecule has 1 atom stereocenters. The number of amides is 1. The quantitative estimate of drug-likeness (QED) is 0.698. The second kappa shape index (κ2) is 8.58. The Morgan fingerprint density at radius 3 is 2.66 bits per heavy atom. The largest absolute Gasteiger partial charge is 0.487 e. The number of nitrogens with zero attached hydrogens (tertiary/aromatic N) is 4. The number of halogens is 2. The molecule has 1 amide bonds. The highest BCUT2D eigenvalue weighted by atomic mass is 19.1. The summed E-state index contributed by atoms with van der Waals surface area (Å²) < 4.78 is 38.6. The lowest BCUT2D eigenvalue weighted by Crippen LogP contribution is -2.44. The first-order chi connectivity index (χ1) is 16.9. The third-order valence-corrected chi connectivity index (χ3v) is 7.50. The Bertz CT molecular complexity index is 1140. The molecule has 186 valence electrons. The van der Waals surface area contributed by atoms with E-state index in [1.807, 2.05) is 7.05 Å². The molecule has 1 aliphatic carbocycles. The van der Waals surface area contributed by atoms with Gasteiger partial charge in [-0.15, -0.1) is 0 Å². The third kappa shape index (κ3) is 4.07. The van der Waals surface area contributed by atoms with E-state index in [2.05, 4.69) is 10.2 Å². The zero-order valence-corrected chi connectivity index (χ0v) is 19.7. The number of hydrogen-bond acceptors (Lipinski definition) is 7. The number of rotatable bonds is 5. The molecule has 1 aromatic carbocycles. The second-order valence-corrected chi connectivity index (χ2v) is 10.0. The Morgan fingerprint density at radius 2 is 1.97 bits per heavy atom. The number of anilines is 2. The number of piperidine rings is 1. The Hall–Kier alpha value is -3.01. The molecule has 3 aliphatic heterocycles. The number of hydrogen-bond donors (Lipinski definition) is 1. The van der Waals surface area contributed by atoms with Gasteiger partial charge in [-0.2, -0.15) is 0 Å². The van der Waals surface area contributed by atoms with Gasteiger partial charge in [0.2, 0.25) is 5.91 Å². The minimum Gasteiger partial charge on any atom is -0.487 e. The molecule has 0 radical (unpaired) electrons. The van der Waals surface area contributed by atoms with Crippen LogP contribution in [0.3, 0.4) is 0 Å². The molecule has 4 heterocycles. The summed E-state index contributed by atoms with van der Waals surface area (Å²) in [6.07, 6.45) is 3.69. The van der Waals surface area contributed by atoms with Gasteiger partial charge in [-0.05, 0) is 31.4 Å². The number of ether oxygens (including phenoxy) is 2. The molecule has 2 aromatic rings. The van der Waals surface area contributed by atoms with Gasteiger partial charge in [0.15, 0.2) is 23.2 Å². The van der Waals surface area contributed by atoms with Crippen LogP contribution in [0.15, 0.2) is 18.2 Å². The summed E-state index contributed by atoms with van der Waals surface area (Å²) in [5.74, 6) is 0.375. The number of nitrogens with one attached hydrogen (secondary N) is 1. The van der Waals surface area contributed by atoms with Crippen molar-refractivity contribution in [3.63, 3.8) is 0 Å². The van der Waals surface area contributed by atoms with Crippen LogP contribution in [0.5, 0.6) is 5.75 Å². The van der Waals surface area contributed by atoms with Gasteiger partial charge in [0.25, 0.3) is 0 Å². The van der Waals surface area contributed by atoms with E-state index in [0.717, 1.165) is 42.5 Å². The number of benzene rings is 1. The molecule has 10 heteroatoms. The highest BCUT2D eigenvalue weighted by molar-refractivity contribution is 5.92. The van der Waals surface area contributed by atoms with E-state index >= 15 is 0 Å². The fourth-order valence-electron chi connectivity index (χ4n) is 5.39. The van der Waals surface area contributed by atoms with Crippen LogP contribution in [0, 0.1) is 11.6 Å². The highest BCUT2D eigenvalue weighted by Crippen LogP contribution is 2.52. The molecule has 2 saturated heterocycles. The predicted octanol–water partition coefficient (Wildman–Crippen LogP) is 3.01. The first-order valence-corrected chi connectivity index (χ1v) is 12.3. The van der Waals surface area contributed by atoms with E-state index < -0.39 is 17.0 Å². The molecule has 3 fully saturated rings. The first-order valence-electron chi connectivity index (χ1n) is 12.3. The van der Waals surface area contributed by atoms with Crippen LogP contribution in [0.25, 0.3) is 0 Å². The van der Waals surface area contributed by atoms with Gasteiger partial charge < -0.3 is 24.6 Å². The van der Waals surface area contributed by atoms with Gasteiger partial charge in [-0.1, -0.05) is 0 Å². The van der Waals surface area contributed by atoms with Gasteiger partial charge >= 0.3 is 0 Å². The van der Waals surface area contributed by atoms with Crippen molar-refractivity contribution in [2.24, 2.45) is 0 Å². The van der Waals surface area contributed by atoms with E-state index in [-0.39, 0.29) is 23.8 Å². The molecule has 1 spiro atoms. The second-order valence-electron chi connectivity index (χ2n) is 10.0. The smallest absolute Gasteiger partial charge is 0.235 e. The molecule has 6 rings (SSSR count). The van der Waals surface area contributed by atoms with Gasteiger partial charge in [0.1, 0.15) is 11.9 Å². The molecule has 1 saturated carbocycles. The van der Waals surface area contributed by atoms with Crippen LogP contribution in [-0.4, -0.2) is 66.3 Å². The molecule has 1 aromatic heterocycles. The van der Waals surface area contributed by atoms with Crippen molar-refractivity contribution in [3.05, 3.63) is 41.2 Å². The highest BCUT2D eigenvalue weighted by Gasteiger charge is 2.58. The lowest BCUT2D eigenvalue weighted by molar-refractivity contribution is -0.134. The molecule has 0 bridgehead atoms. The standard InChI is InChI=1S/C25H29F2N5O3/c1-31-13-19-21(25(7-8-25)24(31)33)30-22(28-16-6-11-34-14-16)23(29-19)32-9-4-17(5-10-32)35-20-3-2-15(26)12-18(20)27/h2-3,12,16-17H,4-11,13-14H2,1H3,(H,28,30)/t16-/m1/s1. The SMILES string of the molecule is CN1Cc2nc(N3CCC(Oc4ccc(F)cc4F)CC3)c(N[C@@H]3CCOC3)nc2C2(CC2)C1=O. The number of carbonyl (C=O) groups excluding carboxylic acids is 1. The third-order valence-electron chi connectivity index (χ3n) is 7.50. The minimum atomic E-state index is -0.689. The fourth-order valence-corrected chi connectivity index (χ4v) is 5.39. The summed E-state index contributed by atoms with van der Waals surface area (Å²) in [5, 5.41) is 3.53. The van der Waals surface area contributed by atoms with Gasteiger partial charge in [0.05, 0.1) is 36.0 Å². The number of likely N-dealkylation sites (N-methyl/N-ethyl adjacent to an activating group) is 1. The van der Waals surface area contributed by atoms with Gasteiger partial charge in [-0.3, -0.25) is 4.79 Å². The maximum absolute atomic E-state index is 14.0. The van der Waals surface area contributed by atoms with Crippen LogP contribution < -0.4 is 15.0 Å². The Morgan fingerprint density at radius 1 is 1.17 bits per heavy atom. The zero-order chi connectivity index (χ0) is 24.2. The maximum Gasteiger partial charge on any atom is 0.235 e. The summed E-state index contributed by atoms with van der Waals surface area (Å²) in [6, 6.07) is 3.53. The van der Waals surface area contributed by atoms with Crippen LogP contribution in [0.1, 0.15) is 43.5 Å². The first kappa shape index (κ1) is 22.5. The van der Waals surface area contributed by atoms with E-state index in [0.29, 0.717) is 51.5 Å². The van der Waals surface area contributed by atoms with Crippen molar-refractivity contribution in [2.75, 3.05) is 43.6 Å². The Balaban J connectivity index is 1.24. The monoisotopic (exact) mass is 485 g/mol. The lowest BCUT2D eigenvalue weighted by atomic mass is 9.94. The zero-order valence-electron chi connectivity index (χ0n) is 19.7. The van der Waals surface area contributed by atoms with E-state index in [1.54, 1.807) is 4.90 Å². The molecule has 1 N–H and O–H groups in total. The Kier molecular flexibility index (Phi) is 5.51.